The van der Waals surface area contributed by atoms with E-state index in [4.69, 9.17) is 10.2 Å². The highest BCUT2D eigenvalue weighted by atomic mass is 16.3. The number of nitrogens with two attached hydrogens (primary N) is 1. The van der Waals surface area contributed by atoms with Gasteiger partial charge in [0, 0.05) is 5.39 Å². The number of rotatable bonds is 4. The van der Waals surface area contributed by atoms with Crippen LogP contribution in [0.15, 0.2) is 28.7 Å². The maximum atomic E-state index is 12.0. The predicted molar refractivity (Wildman–Crippen MR) is 68.2 cm³/mol. The second kappa shape index (κ2) is 4.72. The molecule has 3 heteroatoms. The lowest BCUT2D eigenvalue weighted by Gasteiger charge is -2.05. The van der Waals surface area contributed by atoms with Gasteiger partial charge < -0.3 is 10.2 Å². The Morgan fingerprint density at radius 2 is 2.18 bits per heavy atom. The summed E-state index contributed by atoms with van der Waals surface area (Å²) in [6.45, 7) is 4.02. The minimum atomic E-state index is -0.457. The summed E-state index contributed by atoms with van der Waals surface area (Å²) in [5, 5.41) is 0.956. The van der Waals surface area contributed by atoms with Crippen LogP contribution in [0.4, 0.5) is 0 Å². The van der Waals surface area contributed by atoms with Gasteiger partial charge in [0.1, 0.15) is 5.58 Å². The molecule has 1 heterocycles. The third kappa shape index (κ3) is 2.39. The third-order valence-corrected chi connectivity index (χ3v) is 2.85. The monoisotopic (exact) mass is 231 g/mol. The molecule has 0 spiro atoms. The van der Waals surface area contributed by atoms with E-state index in [0.29, 0.717) is 12.2 Å². The van der Waals surface area contributed by atoms with Crippen molar-refractivity contribution in [2.45, 2.75) is 32.7 Å². The number of carbonyl (C=O) groups excluding carboxylic acids is 1. The number of fused-ring (bicyclic) bond motifs is 1. The first kappa shape index (κ1) is 11.9. The Morgan fingerprint density at radius 1 is 1.41 bits per heavy atom. The molecule has 1 atom stereocenters. The SMILES string of the molecule is CCCC(N)C(=O)c1cc2cc(C)ccc2o1. The Kier molecular flexibility index (Phi) is 3.29. The van der Waals surface area contributed by atoms with E-state index in [1.54, 1.807) is 6.07 Å². The summed E-state index contributed by atoms with van der Waals surface area (Å²) in [5.41, 5.74) is 7.69. The van der Waals surface area contributed by atoms with Gasteiger partial charge in [-0.1, -0.05) is 25.0 Å². The summed E-state index contributed by atoms with van der Waals surface area (Å²) in [6.07, 6.45) is 1.58. The molecule has 1 aromatic heterocycles. The average molecular weight is 231 g/mol. The normalized spacial score (nSPS) is 12.9. The van der Waals surface area contributed by atoms with Crippen LogP contribution < -0.4 is 5.73 Å². The van der Waals surface area contributed by atoms with Crippen molar-refractivity contribution in [3.8, 4) is 0 Å². The summed E-state index contributed by atoms with van der Waals surface area (Å²) in [4.78, 5) is 12.0. The molecule has 90 valence electrons. The smallest absolute Gasteiger partial charge is 0.214 e. The van der Waals surface area contributed by atoms with Crippen molar-refractivity contribution in [1.82, 2.24) is 0 Å². The van der Waals surface area contributed by atoms with Crippen LogP contribution in [0, 0.1) is 6.92 Å². The van der Waals surface area contributed by atoms with Gasteiger partial charge in [0.05, 0.1) is 6.04 Å². The number of furan rings is 1. The highest BCUT2D eigenvalue weighted by molar-refractivity contribution is 6.00. The molecule has 0 aliphatic rings. The van der Waals surface area contributed by atoms with Gasteiger partial charge in [0.2, 0.25) is 5.78 Å². The Morgan fingerprint density at radius 3 is 2.88 bits per heavy atom. The number of carbonyl (C=O) groups is 1. The summed E-state index contributed by atoms with van der Waals surface area (Å²) in [6, 6.07) is 7.17. The number of ketones is 1. The van der Waals surface area contributed by atoms with Crippen molar-refractivity contribution in [2.75, 3.05) is 0 Å². The van der Waals surface area contributed by atoms with Crippen molar-refractivity contribution in [2.24, 2.45) is 5.73 Å². The quantitative estimate of drug-likeness (QED) is 0.823. The zero-order valence-electron chi connectivity index (χ0n) is 10.2. The van der Waals surface area contributed by atoms with Crippen molar-refractivity contribution in [3.05, 3.63) is 35.6 Å². The molecule has 3 nitrogen and oxygen atoms in total. The molecule has 0 radical (unpaired) electrons. The first-order valence-corrected chi connectivity index (χ1v) is 5.92. The van der Waals surface area contributed by atoms with Crippen molar-refractivity contribution >= 4 is 16.8 Å². The Balaban J connectivity index is 2.33. The van der Waals surface area contributed by atoms with Crippen molar-refractivity contribution in [3.63, 3.8) is 0 Å². The Labute approximate surface area is 101 Å². The van der Waals surface area contributed by atoms with Gasteiger partial charge in [-0.15, -0.1) is 0 Å². The minimum absolute atomic E-state index is 0.110. The molecule has 2 N–H and O–H groups in total. The van der Waals surface area contributed by atoms with E-state index in [0.717, 1.165) is 23.0 Å². The van der Waals surface area contributed by atoms with Gasteiger partial charge in [-0.3, -0.25) is 4.79 Å². The molecular formula is C14H17NO2. The molecule has 0 bridgehead atoms. The van der Waals surface area contributed by atoms with Crippen LogP contribution in [0.3, 0.4) is 0 Å². The molecule has 0 saturated carbocycles. The van der Waals surface area contributed by atoms with Crippen LogP contribution in [0.2, 0.25) is 0 Å². The fourth-order valence-electron chi connectivity index (χ4n) is 1.91. The summed E-state index contributed by atoms with van der Waals surface area (Å²) < 4.78 is 5.52. The molecule has 2 aromatic rings. The standard InChI is InChI=1S/C14H17NO2/c1-3-4-11(15)14(16)13-8-10-7-9(2)5-6-12(10)17-13/h5-8,11H,3-4,15H2,1-2H3. The molecule has 0 saturated heterocycles. The Bertz CT molecular complexity index is 542. The second-order valence-corrected chi connectivity index (χ2v) is 4.41. The molecule has 0 aliphatic carbocycles. The van der Waals surface area contributed by atoms with Crippen LogP contribution in [-0.4, -0.2) is 11.8 Å². The maximum absolute atomic E-state index is 12.0. The van der Waals surface area contributed by atoms with Gasteiger partial charge in [-0.25, -0.2) is 0 Å². The summed E-state index contributed by atoms with van der Waals surface area (Å²) in [7, 11) is 0. The van der Waals surface area contributed by atoms with Crippen LogP contribution in [0.1, 0.15) is 35.9 Å². The fourth-order valence-corrected chi connectivity index (χ4v) is 1.91. The molecule has 0 amide bonds. The zero-order chi connectivity index (χ0) is 12.4. The highest BCUT2D eigenvalue weighted by Gasteiger charge is 2.18. The lowest BCUT2D eigenvalue weighted by atomic mass is 10.1. The minimum Gasteiger partial charge on any atom is -0.453 e. The van der Waals surface area contributed by atoms with Crippen molar-refractivity contribution < 1.29 is 9.21 Å². The van der Waals surface area contributed by atoms with E-state index < -0.39 is 6.04 Å². The second-order valence-electron chi connectivity index (χ2n) is 4.41. The van der Waals surface area contributed by atoms with Gasteiger partial charge in [-0.05, 0) is 31.5 Å². The average Bonchev–Trinajstić information content (AvgIpc) is 2.71. The third-order valence-electron chi connectivity index (χ3n) is 2.85. The molecule has 17 heavy (non-hydrogen) atoms. The van der Waals surface area contributed by atoms with Gasteiger partial charge in [0.25, 0.3) is 0 Å². The van der Waals surface area contributed by atoms with Crippen LogP contribution in [0.25, 0.3) is 11.0 Å². The van der Waals surface area contributed by atoms with Gasteiger partial charge >= 0.3 is 0 Å². The summed E-state index contributed by atoms with van der Waals surface area (Å²) >= 11 is 0. The molecule has 0 fully saturated rings. The first-order chi connectivity index (χ1) is 8.11. The van der Waals surface area contributed by atoms with Gasteiger partial charge in [0.15, 0.2) is 5.76 Å². The lowest BCUT2D eigenvalue weighted by Crippen LogP contribution is -2.29. The van der Waals surface area contributed by atoms with E-state index >= 15 is 0 Å². The topological polar surface area (TPSA) is 56.2 Å². The van der Waals surface area contributed by atoms with Crippen molar-refractivity contribution in [1.29, 1.82) is 0 Å². The van der Waals surface area contributed by atoms with E-state index in [1.807, 2.05) is 32.0 Å². The molecule has 1 unspecified atom stereocenters. The molecule has 0 aliphatic heterocycles. The lowest BCUT2D eigenvalue weighted by molar-refractivity contribution is 0.0931. The van der Waals surface area contributed by atoms with Crippen LogP contribution >= 0.6 is 0 Å². The number of Topliss-reactive ketones (excluding diaryl/α,β-unsaturated/α-hetero) is 1. The number of benzene rings is 1. The Hall–Kier alpha value is -1.61. The molecule has 2 rings (SSSR count). The van der Waals surface area contributed by atoms with Crippen LogP contribution in [-0.2, 0) is 0 Å². The molecular weight excluding hydrogens is 214 g/mol. The van der Waals surface area contributed by atoms with E-state index in [9.17, 15) is 4.79 Å². The fraction of sp³-hybridized carbons (Fsp3) is 0.357. The number of aryl methyl sites for hydroxylation is 1. The highest BCUT2D eigenvalue weighted by Crippen LogP contribution is 2.21. The summed E-state index contributed by atoms with van der Waals surface area (Å²) in [5.74, 6) is 0.257. The maximum Gasteiger partial charge on any atom is 0.214 e. The van der Waals surface area contributed by atoms with E-state index in [1.165, 1.54) is 0 Å². The number of hydrogen-bond acceptors (Lipinski definition) is 3. The number of hydrogen-bond donors (Lipinski definition) is 1. The largest absolute Gasteiger partial charge is 0.453 e. The van der Waals surface area contributed by atoms with Crippen LogP contribution in [0.5, 0.6) is 0 Å². The van der Waals surface area contributed by atoms with Gasteiger partial charge in [-0.2, -0.15) is 0 Å². The predicted octanol–water partition coefficient (Wildman–Crippen LogP) is 3.05. The zero-order valence-corrected chi connectivity index (χ0v) is 10.2. The molecule has 1 aromatic carbocycles. The van der Waals surface area contributed by atoms with E-state index in [-0.39, 0.29) is 5.78 Å². The van der Waals surface area contributed by atoms with E-state index in [2.05, 4.69) is 0 Å². The first-order valence-electron chi connectivity index (χ1n) is 5.92.